The van der Waals surface area contributed by atoms with Gasteiger partial charge in [-0.05, 0) is 37.5 Å². The van der Waals surface area contributed by atoms with Gasteiger partial charge in [0, 0.05) is 0 Å². The molecule has 2 rings (SSSR count). The maximum absolute atomic E-state index is 9.37. The highest BCUT2D eigenvalue weighted by Crippen LogP contribution is 2.32. The monoisotopic (exact) mass is 269 g/mol. The van der Waals surface area contributed by atoms with E-state index < -0.39 is 6.09 Å². The Morgan fingerprint density at radius 1 is 1.47 bits per heavy atom. The van der Waals surface area contributed by atoms with Gasteiger partial charge in [-0.25, -0.2) is 4.79 Å². The van der Waals surface area contributed by atoms with Gasteiger partial charge in [0.1, 0.15) is 0 Å². The molecule has 1 aliphatic heterocycles. The highest BCUT2D eigenvalue weighted by Gasteiger charge is 2.12. The van der Waals surface area contributed by atoms with E-state index in [1.165, 1.54) is 12.7 Å². The third kappa shape index (κ3) is 5.48. The van der Waals surface area contributed by atoms with Crippen LogP contribution in [-0.2, 0) is 11.2 Å². The number of ether oxygens (including phenoxy) is 3. The van der Waals surface area contributed by atoms with E-state index in [2.05, 4.69) is 10.5 Å². The lowest BCUT2D eigenvalue weighted by atomic mass is 10.1. The van der Waals surface area contributed by atoms with E-state index in [9.17, 15) is 4.79 Å². The molecule has 1 aliphatic rings. The van der Waals surface area contributed by atoms with Gasteiger partial charge < -0.3 is 25.1 Å². The number of aliphatic hydroxyl groups excluding tert-OH is 1. The number of aliphatic hydroxyl groups is 1. The summed E-state index contributed by atoms with van der Waals surface area (Å²) >= 11 is 0. The first-order chi connectivity index (χ1) is 9.02. The van der Waals surface area contributed by atoms with Crippen molar-refractivity contribution in [2.45, 2.75) is 25.9 Å². The maximum Gasteiger partial charge on any atom is 0.404 e. The molecule has 6 heteroatoms. The summed E-state index contributed by atoms with van der Waals surface area (Å²) in [6.45, 7) is 2.11. The molecule has 1 unspecified atom stereocenters. The molecule has 0 spiro atoms. The van der Waals surface area contributed by atoms with Crippen molar-refractivity contribution in [1.29, 1.82) is 0 Å². The second-order valence-corrected chi connectivity index (χ2v) is 4.10. The van der Waals surface area contributed by atoms with E-state index in [1.54, 1.807) is 6.92 Å². The predicted octanol–water partition coefficient (Wildman–Crippen LogP) is 1.44. The molecular weight excluding hydrogens is 250 g/mol. The maximum atomic E-state index is 9.37. The number of carbonyl (C=O) groups excluding carboxylic acids is 1. The van der Waals surface area contributed by atoms with Gasteiger partial charge in [-0.2, -0.15) is 0 Å². The third-order valence-electron chi connectivity index (χ3n) is 2.49. The zero-order chi connectivity index (χ0) is 14.3. The van der Waals surface area contributed by atoms with E-state index >= 15 is 0 Å². The molecule has 0 saturated carbocycles. The number of fused-ring (bicyclic) bond motifs is 1. The van der Waals surface area contributed by atoms with Gasteiger partial charge in [-0.1, -0.05) is 6.07 Å². The summed E-state index contributed by atoms with van der Waals surface area (Å²) in [6.07, 6.45) is 0.652. The first kappa shape index (κ1) is 15.1. The van der Waals surface area contributed by atoms with Gasteiger partial charge in [-0.3, -0.25) is 0 Å². The number of primary amides is 1. The first-order valence-corrected chi connectivity index (χ1v) is 5.93. The Balaban J connectivity index is 0.000000312. The molecule has 19 heavy (non-hydrogen) atoms. The first-order valence-electron chi connectivity index (χ1n) is 5.93. The van der Waals surface area contributed by atoms with E-state index in [-0.39, 0.29) is 6.10 Å². The fraction of sp³-hybridized carbons (Fsp3) is 0.462. The van der Waals surface area contributed by atoms with Crippen LogP contribution in [0.15, 0.2) is 18.2 Å². The Hall–Kier alpha value is -1.95. The van der Waals surface area contributed by atoms with E-state index in [0.717, 1.165) is 24.3 Å². The summed E-state index contributed by atoms with van der Waals surface area (Å²) < 4.78 is 14.4. The number of carbonyl (C=O) groups is 1. The number of nitrogens with two attached hydrogens (primary N) is 1. The number of hydrogen-bond donors (Lipinski definition) is 2. The molecule has 1 atom stereocenters. The Morgan fingerprint density at radius 3 is 2.68 bits per heavy atom. The van der Waals surface area contributed by atoms with Crippen LogP contribution in [0.4, 0.5) is 4.79 Å². The van der Waals surface area contributed by atoms with Crippen molar-refractivity contribution in [2.75, 3.05) is 13.9 Å². The average molecular weight is 269 g/mol. The fourth-order valence-corrected chi connectivity index (χ4v) is 1.47. The molecule has 1 amide bonds. The van der Waals surface area contributed by atoms with Crippen LogP contribution in [0.3, 0.4) is 0 Å². The highest BCUT2D eigenvalue weighted by atomic mass is 16.7. The van der Waals surface area contributed by atoms with Crippen molar-refractivity contribution in [1.82, 2.24) is 0 Å². The van der Waals surface area contributed by atoms with Crippen LogP contribution in [-0.4, -0.2) is 31.2 Å². The number of hydrogen-bond acceptors (Lipinski definition) is 5. The van der Waals surface area contributed by atoms with Gasteiger partial charge in [0.25, 0.3) is 0 Å². The van der Waals surface area contributed by atoms with Crippen LogP contribution >= 0.6 is 0 Å². The van der Waals surface area contributed by atoms with Gasteiger partial charge >= 0.3 is 6.09 Å². The Bertz CT molecular complexity index is 419. The summed E-state index contributed by atoms with van der Waals surface area (Å²) in [5.74, 6) is 1.62. The SMILES string of the molecule is CC(O)CCc1ccc2c(c1)OCO2.COC(N)=O. The molecule has 1 aromatic carbocycles. The summed E-state index contributed by atoms with van der Waals surface area (Å²) in [5.41, 5.74) is 5.61. The lowest BCUT2D eigenvalue weighted by Gasteiger charge is -2.04. The molecule has 0 bridgehead atoms. The highest BCUT2D eigenvalue weighted by molar-refractivity contribution is 5.64. The molecule has 0 aromatic heterocycles. The van der Waals surface area contributed by atoms with Crippen LogP contribution in [0.1, 0.15) is 18.9 Å². The van der Waals surface area contributed by atoms with Gasteiger partial charge in [0.05, 0.1) is 13.2 Å². The van der Waals surface area contributed by atoms with E-state index in [0.29, 0.717) is 6.79 Å². The van der Waals surface area contributed by atoms with Crippen LogP contribution in [0.25, 0.3) is 0 Å². The lowest BCUT2D eigenvalue weighted by molar-refractivity contribution is 0.173. The minimum atomic E-state index is -0.745. The van der Waals surface area contributed by atoms with Crippen molar-refractivity contribution in [3.8, 4) is 11.5 Å². The second-order valence-electron chi connectivity index (χ2n) is 4.10. The van der Waals surface area contributed by atoms with Gasteiger partial charge in [0.2, 0.25) is 6.79 Å². The molecule has 0 aliphatic carbocycles. The van der Waals surface area contributed by atoms with Crippen molar-refractivity contribution in [3.05, 3.63) is 23.8 Å². The zero-order valence-corrected chi connectivity index (χ0v) is 11.1. The standard InChI is InChI=1S/C11H14O3.C2H5NO2/c1-8(12)2-3-9-4-5-10-11(6-9)14-7-13-10;1-5-2(3)4/h4-6,8,12H,2-3,7H2,1H3;1H3,(H2,3,4). The summed E-state index contributed by atoms with van der Waals surface area (Å²) in [5, 5.41) is 9.15. The van der Waals surface area contributed by atoms with Crippen molar-refractivity contribution in [2.24, 2.45) is 5.73 Å². The second kappa shape index (κ2) is 7.48. The molecule has 6 nitrogen and oxygen atoms in total. The lowest BCUT2D eigenvalue weighted by Crippen LogP contribution is -2.08. The quantitative estimate of drug-likeness (QED) is 0.866. The topological polar surface area (TPSA) is 91.0 Å². The number of benzene rings is 1. The number of methoxy groups -OCH3 is 1. The number of aryl methyl sites for hydroxylation is 1. The number of amides is 1. The van der Waals surface area contributed by atoms with Crippen molar-refractivity contribution in [3.63, 3.8) is 0 Å². The predicted molar refractivity (Wildman–Crippen MR) is 69.2 cm³/mol. The normalized spacial score (nSPS) is 13.2. The third-order valence-corrected chi connectivity index (χ3v) is 2.49. The molecular formula is C13H19NO5. The van der Waals surface area contributed by atoms with Crippen molar-refractivity contribution >= 4 is 6.09 Å². The zero-order valence-electron chi connectivity index (χ0n) is 11.1. The molecule has 0 radical (unpaired) electrons. The van der Waals surface area contributed by atoms with Crippen LogP contribution in [0.5, 0.6) is 11.5 Å². The van der Waals surface area contributed by atoms with Crippen molar-refractivity contribution < 1.29 is 24.1 Å². The molecule has 1 heterocycles. The van der Waals surface area contributed by atoms with Crippen LogP contribution < -0.4 is 15.2 Å². The molecule has 106 valence electrons. The van der Waals surface area contributed by atoms with E-state index in [1.807, 2.05) is 18.2 Å². The van der Waals surface area contributed by atoms with Gasteiger partial charge in [0.15, 0.2) is 11.5 Å². The minimum absolute atomic E-state index is 0.250. The summed E-state index contributed by atoms with van der Waals surface area (Å²) in [6, 6.07) is 5.90. The molecule has 1 aromatic rings. The van der Waals surface area contributed by atoms with Crippen LogP contribution in [0.2, 0.25) is 0 Å². The number of rotatable bonds is 3. The van der Waals surface area contributed by atoms with Crippen LogP contribution in [0, 0.1) is 0 Å². The Morgan fingerprint density at radius 2 is 2.11 bits per heavy atom. The fourth-order valence-electron chi connectivity index (χ4n) is 1.47. The van der Waals surface area contributed by atoms with E-state index in [4.69, 9.17) is 14.6 Å². The molecule has 0 saturated heterocycles. The summed E-state index contributed by atoms with van der Waals surface area (Å²) in [4.78, 5) is 9.37. The van der Waals surface area contributed by atoms with Gasteiger partial charge in [-0.15, -0.1) is 0 Å². The largest absolute Gasteiger partial charge is 0.454 e. The average Bonchev–Trinajstić information content (AvgIpc) is 2.84. The summed E-state index contributed by atoms with van der Waals surface area (Å²) in [7, 11) is 1.22. The smallest absolute Gasteiger partial charge is 0.404 e. The minimum Gasteiger partial charge on any atom is -0.454 e. The molecule has 3 N–H and O–H groups in total. The Labute approximate surface area is 112 Å². The Kier molecular flexibility index (Phi) is 5.95. The molecule has 0 fully saturated rings.